The second-order valence-electron chi connectivity index (χ2n) is 5.75. The number of nitrogens with one attached hydrogen (secondary N) is 2. The zero-order chi connectivity index (χ0) is 13.4. The molecule has 2 heteroatoms. The maximum Gasteiger partial charge on any atom is 0.0600 e. The second-order valence-corrected chi connectivity index (χ2v) is 5.75. The van der Waals surface area contributed by atoms with Gasteiger partial charge in [-0.3, -0.25) is 0 Å². The van der Waals surface area contributed by atoms with Gasteiger partial charge in [-0.05, 0) is 41.5 Å². The molecule has 1 atom stereocenters. The summed E-state index contributed by atoms with van der Waals surface area (Å²) in [7, 11) is 0. The predicted octanol–water partition coefficient (Wildman–Crippen LogP) is 3.28. The molecular formula is C18H20N2. The summed E-state index contributed by atoms with van der Waals surface area (Å²) in [6.45, 7) is 2.16. The highest BCUT2D eigenvalue weighted by molar-refractivity contribution is 5.62. The first-order valence-electron chi connectivity index (χ1n) is 7.60. The molecule has 0 saturated carbocycles. The molecule has 20 heavy (non-hydrogen) atoms. The minimum Gasteiger partial charge on any atom is -0.385 e. The number of hydrogen-bond acceptors (Lipinski definition) is 2. The molecule has 0 aliphatic carbocycles. The van der Waals surface area contributed by atoms with Crippen molar-refractivity contribution >= 4 is 5.69 Å². The molecule has 4 rings (SSSR count). The summed E-state index contributed by atoms with van der Waals surface area (Å²) in [5, 5.41) is 7.32. The predicted molar refractivity (Wildman–Crippen MR) is 83.2 cm³/mol. The van der Waals surface area contributed by atoms with Gasteiger partial charge >= 0.3 is 0 Å². The van der Waals surface area contributed by atoms with Crippen LogP contribution in [0.2, 0.25) is 0 Å². The molecule has 1 unspecified atom stereocenters. The van der Waals surface area contributed by atoms with Gasteiger partial charge < -0.3 is 10.6 Å². The number of anilines is 1. The monoisotopic (exact) mass is 264 g/mol. The van der Waals surface area contributed by atoms with Gasteiger partial charge in [0.15, 0.2) is 0 Å². The van der Waals surface area contributed by atoms with Crippen molar-refractivity contribution in [1.82, 2.24) is 5.32 Å². The van der Waals surface area contributed by atoms with Gasteiger partial charge in [0.2, 0.25) is 0 Å². The Balaban J connectivity index is 1.83. The van der Waals surface area contributed by atoms with Crippen LogP contribution in [0.4, 0.5) is 5.69 Å². The van der Waals surface area contributed by atoms with Crippen molar-refractivity contribution in [3.05, 3.63) is 64.7 Å². The Bertz CT molecular complexity index is 633. The van der Waals surface area contributed by atoms with Crippen LogP contribution in [-0.2, 0) is 12.8 Å². The molecule has 0 fully saturated rings. The molecule has 0 aromatic heterocycles. The third-order valence-electron chi connectivity index (χ3n) is 4.53. The summed E-state index contributed by atoms with van der Waals surface area (Å²) >= 11 is 0. The van der Waals surface area contributed by atoms with Crippen LogP contribution in [0.15, 0.2) is 42.5 Å². The van der Waals surface area contributed by atoms with E-state index in [0.717, 1.165) is 19.5 Å². The molecule has 2 aliphatic heterocycles. The van der Waals surface area contributed by atoms with Crippen LogP contribution in [0.5, 0.6) is 0 Å². The Morgan fingerprint density at radius 3 is 2.65 bits per heavy atom. The number of rotatable bonds is 1. The van der Waals surface area contributed by atoms with Gasteiger partial charge in [0.25, 0.3) is 0 Å². The Morgan fingerprint density at radius 1 is 0.800 bits per heavy atom. The fraction of sp³-hybridized carbons (Fsp3) is 0.333. The zero-order valence-corrected chi connectivity index (χ0v) is 11.7. The van der Waals surface area contributed by atoms with Gasteiger partial charge in [-0.25, -0.2) is 0 Å². The van der Waals surface area contributed by atoms with Crippen LogP contribution in [0, 0.1) is 0 Å². The van der Waals surface area contributed by atoms with E-state index in [2.05, 4.69) is 53.1 Å². The molecule has 0 radical (unpaired) electrons. The van der Waals surface area contributed by atoms with E-state index in [1.165, 1.54) is 40.8 Å². The number of benzene rings is 2. The topological polar surface area (TPSA) is 24.1 Å². The second kappa shape index (κ2) is 4.95. The Morgan fingerprint density at radius 2 is 1.65 bits per heavy atom. The van der Waals surface area contributed by atoms with Crippen LogP contribution in [0.25, 0.3) is 0 Å². The summed E-state index contributed by atoms with van der Waals surface area (Å²) in [6.07, 6.45) is 3.57. The summed E-state index contributed by atoms with van der Waals surface area (Å²) in [5.41, 5.74) is 7.19. The van der Waals surface area contributed by atoms with Gasteiger partial charge in [0, 0.05) is 18.8 Å². The number of fused-ring (bicyclic) bond motifs is 2. The summed E-state index contributed by atoms with van der Waals surface area (Å²) in [4.78, 5) is 0. The SMILES string of the molecule is c1ccc2c(c1)CCNC2c1cccc2c1NCCC2. The summed E-state index contributed by atoms with van der Waals surface area (Å²) in [6, 6.07) is 15.9. The van der Waals surface area contributed by atoms with E-state index in [1.807, 2.05) is 0 Å². The van der Waals surface area contributed by atoms with Gasteiger partial charge in [-0.15, -0.1) is 0 Å². The first-order valence-corrected chi connectivity index (χ1v) is 7.60. The van der Waals surface area contributed by atoms with Crippen LogP contribution >= 0.6 is 0 Å². The minimum absolute atomic E-state index is 0.334. The Hall–Kier alpha value is -1.80. The molecule has 2 N–H and O–H groups in total. The maximum absolute atomic E-state index is 3.70. The molecular weight excluding hydrogens is 244 g/mol. The highest BCUT2D eigenvalue weighted by Gasteiger charge is 2.24. The average Bonchev–Trinajstić information content (AvgIpc) is 2.54. The fourth-order valence-corrected chi connectivity index (χ4v) is 3.56. The Labute approximate surface area is 120 Å². The van der Waals surface area contributed by atoms with Crippen molar-refractivity contribution in [3.63, 3.8) is 0 Å². The molecule has 2 aliphatic rings. The van der Waals surface area contributed by atoms with Gasteiger partial charge in [0.05, 0.1) is 6.04 Å². The molecule has 2 aromatic carbocycles. The van der Waals surface area contributed by atoms with E-state index in [-0.39, 0.29) is 0 Å². The normalized spacial score (nSPS) is 20.7. The van der Waals surface area contributed by atoms with E-state index in [0.29, 0.717) is 6.04 Å². The van der Waals surface area contributed by atoms with E-state index in [9.17, 15) is 0 Å². The van der Waals surface area contributed by atoms with Gasteiger partial charge in [-0.2, -0.15) is 0 Å². The van der Waals surface area contributed by atoms with Crippen molar-refractivity contribution in [2.45, 2.75) is 25.3 Å². The van der Waals surface area contributed by atoms with E-state index in [4.69, 9.17) is 0 Å². The Kier molecular flexibility index (Phi) is 2.96. The standard InChI is InChI=1S/C18H20N2/c1-2-8-15-13(5-1)10-12-20-18(15)16-9-3-6-14-7-4-11-19-17(14)16/h1-3,5-6,8-9,18-20H,4,7,10-12H2. The molecule has 2 nitrogen and oxygen atoms in total. The highest BCUT2D eigenvalue weighted by Crippen LogP contribution is 2.36. The van der Waals surface area contributed by atoms with Crippen LogP contribution < -0.4 is 10.6 Å². The van der Waals surface area contributed by atoms with E-state index < -0.39 is 0 Å². The lowest BCUT2D eigenvalue weighted by Crippen LogP contribution is -2.31. The fourth-order valence-electron chi connectivity index (χ4n) is 3.56. The first-order chi connectivity index (χ1) is 9.93. The van der Waals surface area contributed by atoms with Gasteiger partial charge in [-0.1, -0.05) is 42.5 Å². The average molecular weight is 264 g/mol. The number of hydrogen-bond donors (Lipinski definition) is 2. The number of para-hydroxylation sites is 1. The first kappa shape index (κ1) is 12.0. The molecule has 102 valence electrons. The molecule has 0 amide bonds. The summed E-state index contributed by atoms with van der Waals surface area (Å²) in [5.74, 6) is 0. The van der Waals surface area contributed by atoms with Gasteiger partial charge in [0.1, 0.15) is 0 Å². The molecule has 2 aromatic rings. The molecule has 0 bridgehead atoms. The van der Waals surface area contributed by atoms with E-state index in [1.54, 1.807) is 0 Å². The highest BCUT2D eigenvalue weighted by atomic mass is 14.9. The third-order valence-corrected chi connectivity index (χ3v) is 4.53. The van der Waals surface area contributed by atoms with Crippen molar-refractivity contribution in [2.24, 2.45) is 0 Å². The molecule has 0 saturated heterocycles. The van der Waals surface area contributed by atoms with Crippen molar-refractivity contribution in [1.29, 1.82) is 0 Å². The van der Waals surface area contributed by atoms with Crippen molar-refractivity contribution in [2.75, 3.05) is 18.4 Å². The third kappa shape index (κ3) is 1.92. The minimum atomic E-state index is 0.334. The lowest BCUT2D eigenvalue weighted by atomic mass is 9.87. The van der Waals surface area contributed by atoms with Crippen LogP contribution in [-0.4, -0.2) is 13.1 Å². The zero-order valence-electron chi connectivity index (χ0n) is 11.7. The smallest absolute Gasteiger partial charge is 0.0600 e. The van der Waals surface area contributed by atoms with Crippen LogP contribution in [0.3, 0.4) is 0 Å². The lowest BCUT2D eigenvalue weighted by Gasteiger charge is -2.31. The maximum atomic E-state index is 3.70. The van der Waals surface area contributed by atoms with E-state index >= 15 is 0 Å². The number of aryl methyl sites for hydroxylation is 1. The summed E-state index contributed by atoms with van der Waals surface area (Å²) < 4.78 is 0. The van der Waals surface area contributed by atoms with Crippen LogP contribution in [0.1, 0.15) is 34.7 Å². The van der Waals surface area contributed by atoms with Crippen molar-refractivity contribution < 1.29 is 0 Å². The molecule has 0 spiro atoms. The lowest BCUT2D eigenvalue weighted by molar-refractivity contribution is 0.567. The quantitative estimate of drug-likeness (QED) is 0.826. The largest absolute Gasteiger partial charge is 0.385 e. The van der Waals surface area contributed by atoms with Crippen molar-refractivity contribution in [3.8, 4) is 0 Å². The molecule has 2 heterocycles.